The van der Waals surface area contributed by atoms with Crippen LogP contribution in [0, 0.1) is 0 Å². The number of hydrogen-bond acceptors (Lipinski definition) is 4. The van der Waals surface area contributed by atoms with Crippen LogP contribution in [0.5, 0.6) is 5.75 Å². The number of amides is 2. The Labute approximate surface area is 208 Å². The molecule has 0 aromatic heterocycles. The van der Waals surface area contributed by atoms with Crippen molar-refractivity contribution in [2.75, 3.05) is 23.8 Å². The van der Waals surface area contributed by atoms with Crippen molar-refractivity contribution in [1.82, 2.24) is 5.32 Å². The van der Waals surface area contributed by atoms with Gasteiger partial charge >= 0.3 is 0 Å². The predicted octanol–water partition coefficient (Wildman–Crippen LogP) is 6.19. The van der Waals surface area contributed by atoms with E-state index in [2.05, 4.69) is 22.9 Å². The Morgan fingerprint density at radius 2 is 1.51 bits per heavy atom. The van der Waals surface area contributed by atoms with E-state index >= 15 is 0 Å². The highest BCUT2D eigenvalue weighted by Crippen LogP contribution is 2.17. The fourth-order valence-electron chi connectivity index (χ4n) is 3.59. The highest BCUT2D eigenvalue weighted by molar-refractivity contribution is 5.95. The highest BCUT2D eigenvalue weighted by atomic mass is 16.5. The van der Waals surface area contributed by atoms with Crippen molar-refractivity contribution in [3.8, 4) is 5.75 Å². The Balaban J connectivity index is 1.40. The standard InChI is InChI=1S/C29H35N3O3/c1-3-4-5-9-20-35-27-18-16-26(17-19-27)32-28(33)21-30-25-14-12-24(13-15-25)29(34)31-22(2)23-10-7-6-8-11-23/h6-8,10-19,22,30H,3-5,9,20-21H2,1-2H3,(H,31,34)(H,32,33). The van der Waals surface area contributed by atoms with E-state index in [0.29, 0.717) is 12.2 Å². The van der Waals surface area contributed by atoms with Gasteiger partial charge in [-0.2, -0.15) is 0 Å². The van der Waals surface area contributed by atoms with E-state index in [4.69, 9.17) is 4.74 Å². The van der Waals surface area contributed by atoms with E-state index in [-0.39, 0.29) is 24.4 Å². The average molecular weight is 474 g/mol. The molecule has 6 heteroatoms. The molecule has 0 saturated carbocycles. The zero-order valence-corrected chi connectivity index (χ0v) is 20.6. The fourth-order valence-corrected chi connectivity index (χ4v) is 3.59. The van der Waals surface area contributed by atoms with Crippen molar-refractivity contribution >= 4 is 23.2 Å². The van der Waals surface area contributed by atoms with Gasteiger partial charge in [-0.1, -0.05) is 56.5 Å². The van der Waals surface area contributed by atoms with Gasteiger partial charge in [-0.05, 0) is 67.4 Å². The van der Waals surface area contributed by atoms with Crippen molar-refractivity contribution in [2.45, 2.75) is 45.6 Å². The molecule has 3 N–H and O–H groups in total. The van der Waals surface area contributed by atoms with Gasteiger partial charge in [-0.3, -0.25) is 9.59 Å². The number of unbranched alkanes of at least 4 members (excludes halogenated alkanes) is 3. The van der Waals surface area contributed by atoms with Gasteiger partial charge < -0.3 is 20.7 Å². The lowest BCUT2D eigenvalue weighted by molar-refractivity contribution is -0.114. The SMILES string of the molecule is CCCCCCOc1ccc(NC(=O)CNc2ccc(C(=O)NC(C)c3ccccc3)cc2)cc1. The minimum absolute atomic E-state index is 0.0865. The molecule has 0 saturated heterocycles. The van der Waals surface area contributed by atoms with Crippen LogP contribution in [0.2, 0.25) is 0 Å². The van der Waals surface area contributed by atoms with Gasteiger partial charge in [0.1, 0.15) is 5.75 Å². The summed E-state index contributed by atoms with van der Waals surface area (Å²) in [5, 5.41) is 8.95. The molecule has 0 spiro atoms. The Hall–Kier alpha value is -3.80. The molecule has 35 heavy (non-hydrogen) atoms. The summed E-state index contributed by atoms with van der Waals surface area (Å²) >= 11 is 0. The highest BCUT2D eigenvalue weighted by Gasteiger charge is 2.11. The average Bonchev–Trinajstić information content (AvgIpc) is 2.89. The largest absolute Gasteiger partial charge is 0.494 e. The van der Waals surface area contributed by atoms with Crippen molar-refractivity contribution in [2.24, 2.45) is 0 Å². The van der Waals surface area contributed by atoms with E-state index in [9.17, 15) is 9.59 Å². The van der Waals surface area contributed by atoms with Crippen molar-refractivity contribution in [3.63, 3.8) is 0 Å². The molecule has 0 heterocycles. The molecule has 3 rings (SSSR count). The smallest absolute Gasteiger partial charge is 0.251 e. The third-order valence-electron chi connectivity index (χ3n) is 5.65. The summed E-state index contributed by atoms with van der Waals surface area (Å²) in [5.41, 5.74) is 3.10. The number of benzene rings is 3. The summed E-state index contributed by atoms with van der Waals surface area (Å²) in [5.74, 6) is 0.510. The molecule has 0 bridgehead atoms. The van der Waals surface area contributed by atoms with Gasteiger partial charge in [0, 0.05) is 16.9 Å². The second-order valence-electron chi connectivity index (χ2n) is 8.52. The lowest BCUT2D eigenvalue weighted by atomic mass is 10.1. The second kappa shape index (κ2) is 13.8. The predicted molar refractivity (Wildman–Crippen MR) is 142 cm³/mol. The van der Waals surface area contributed by atoms with E-state index in [1.165, 1.54) is 19.3 Å². The molecule has 0 aliphatic carbocycles. The van der Waals surface area contributed by atoms with E-state index in [0.717, 1.165) is 29.1 Å². The summed E-state index contributed by atoms with van der Waals surface area (Å²) in [4.78, 5) is 24.8. The first-order valence-corrected chi connectivity index (χ1v) is 12.3. The van der Waals surface area contributed by atoms with Crippen LogP contribution in [0.3, 0.4) is 0 Å². The molecule has 3 aromatic rings. The van der Waals surface area contributed by atoms with Gasteiger partial charge in [-0.15, -0.1) is 0 Å². The minimum Gasteiger partial charge on any atom is -0.494 e. The number of rotatable bonds is 13. The van der Waals surface area contributed by atoms with Gasteiger partial charge in [0.25, 0.3) is 5.91 Å². The third kappa shape index (κ3) is 8.81. The van der Waals surface area contributed by atoms with E-state index in [1.54, 1.807) is 24.3 Å². The molecule has 0 fully saturated rings. The molecule has 0 aliphatic rings. The van der Waals surface area contributed by atoms with Crippen LogP contribution >= 0.6 is 0 Å². The summed E-state index contributed by atoms with van der Waals surface area (Å²) in [7, 11) is 0. The molecule has 0 radical (unpaired) electrons. The van der Waals surface area contributed by atoms with E-state index < -0.39 is 0 Å². The fraction of sp³-hybridized carbons (Fsp3) is 0.310. The monoisotopic (exact) mass is 473 g/mol. The van der Waals surface area contributed by atoms with Crippen LogP contribution in [-0.4, -0.2) is 25.0 Å². The molecule has 2 amide bonds. The minimum atomic E-state index is -0.156. The summed E-state index contributed by atoms with van der Waals surface area (Å²) in [6, 6.07) is 24.2. The van der Waals surface area contributed by atoms with Crippen LogP contribution in [0.25, 0.3) is 0 Å². The number of anilines is 2. The molecule has 184 valence electrons. The first-order chi connectivity index (χ1) is 17.0. The Bertz CT molecular complexity index is 1050. The van der Waals surface area contributed by atoms with Crippen LogP contribution < -0.4 is 20.7 Å². The maximum atomic E-state index is 12.5. The summed E-state index contributed by atoms with van der Waals surface area (Å²) < 4.78 is 5.73. The van der Waals surface area contributed by atoms with Crippen molar-refractivity contribution < 1.29 is 14.3 Å². The normalized spacial score (nSPS) is 11.4. The van der Waals surface area contributed by atoms with Crippen molar-refractivity contribution in [3.05, 3.63) is 90.0 Å². The zero-order chi connectivity index (χ0) is 24.9. The Kier molecular flexibility index (Phi) is 10.2. The molecule has 1 atom stereocenters. The van der Waals surface area contributed by atoms with Crippen LogP contribution in [0.4, 0.5) is 11.4 Å². The lowest BCUT2D eigenvalue weighted by Crippen LogP contribution is -2.26. The quantitative estimate of drug-likeness (QED) is 0.259. The lowest BCUT2D eigenvalue weighted by Gasteiger charge is -2.14. The van der Waals surface area contributed by atoms with Crippen LogP contribution in [0.15, 0.2) is 78.9 Å². The third-order valence-corrected chi connectivity index (χ3v) is 5.65. The molecular weight excluding hydrogens is 438 g/mol. The van der Waals surface area contributed by atoms with Gasteiger partial charge in [0.05, 0.1) is 19.2 Å². The Morgan fingerprint density at radius 3 is 2.20 bits per heavy atom. The van der Waals surface area contributed by atoms with Crippen LogP contribution in [0.1, 0.15) is 61.5 Å². The molecule has 6 nitrogen and oxygen atoms in total. The molecule has 0 aliphatic heterocycles. The van der Waals surface area contributed by atoms with Crippen molar-refractivity contribution in [1.29, 1.82) is 0 Å². The van der Waals surface area contributed by atoms with E-state index in [1.807, 2.05) is 61.5 Å². The second-order valence-corrected chi connectivity index (χ2v) is 8.52. The van der Waals surface area contributed by atoms with Gasteiger partial charge in [-0.25, -0.2) is 0 Å². The maximum Gasteiger partial charge on any atom is 0.251 e. The maximum absolute atomic E-state index is 12.5. The number of hydrogen-bond donors (Lipinski definition) is 3. The number of nitrogens with one attached hydrogen (secondary N) is 3. The summed E-state index contributed by atoms with van der Waals surface area (Å²) in [6.07, 6.45) is 4.67. The molecule has 3 aromatic carbocycles. The Morgan fingerprint density at radius 1 is 0.829 bits per heavy atom. The molecular formula is C29H35N3O3. The van der Waals surface area contributed by atoms with Crippen LogP contribution in [-0.2, 0) is 4.79 Å². The zero-order valence-electron chi connectivity index (χ0n) is 20.6. The first-order valence-electron chi connectivity index (χ1n) is 12.3. The van der Waals surface area contributed by atoms with Gasteiger partial charge in [0.2, 0.25) is 5.91 Å². The number of carbonyl (C=O) groups is 2. The number of ether oxygens (including phenoxy) is 1. The number of carbonyl (C=O) groups excluding carboxylic acids is 2. The topological polar surface area (TPSA) is 79.5 Å². The first kappa shape index (κ1) is 25.8. The molecule has 1 unspecified atom stereocenters. The van der Waals surface area contributed by atoms with Gasteiger partial charge in [0.15, 0.2) is 0 Å². The summed E-state index contributed by atoms with van der Waals surface area (Å²) in [6.45, 7) is 4.97.